The third kappa shape index (κ3) is 7.86. The summed E-state index contributed by atoms with van der Waals surface area (Å²) in [5.41, 5.74) is 6.17. The van der Waals surface area contributed by atoms with E-state index in [9.17, 15) is 25.9 Å². The molecule has 0 unspecified atom stereocenters. The molecule has 1 heterocycles. The minimum atomic E-state index is -4.58. The van der Waals surface area contributed by atoms with Gasteiger partial charge in [0, 0.05) is 24.5 Å². The predicted molar refractivity (Wildman–Crippen MR) is 115 cm³/mol. The van der Waals surface area contributed by atoms with Crippen LogP contribution < -0.4 is 51.2 Å². The second-order valence-electron chi connectivity index (χ2n) is 6.25. The number of anilines is 5. The van der Waals surface area contributed by atoms with E-state index in [0.717, 1.165) is 12.1 Å². The van der Waals surface area contributed by atoms with E-state index in [-0.39, 0.29) is 62.9 Å². The Hall–Kier alpha value is -2.37. The minimum absolute atomic E-state index is 0. The van der Waals surface area contributed by atoms with E-state index in [1.807, 2.05) is 0 Å². The Kier molecular flexibility index (Phi) is 9.10. The molecule has 0 fully saturated rings. The first kappa shape index (κ1) is 26.9. The number of nitrogens with zero attached hydrogens (tertiary/aromatic N) is 3. The van der Waals surface area contributed by atoms with Crippen molar-refractivity contribution >= 4 is 49.5 Å². The van der Waals surface area contributed by atoms with E-state index in [1.165, 1.54) is 30.3 Å². The van der Waals surface area contributed by atoms with Gasteiger partial charge in [0.05, 0.1) is 9.79 Å². The molecule has 33 heavy (non-hydrogen) atoms. The van der Waals surface area contributed by atoms with Crippen molar-refractivity contribution in [2.75, 3.05) is 29.0 Å². The fraction of sp³-hybridized carbons (Fsp3) is 0.118. The summed E-state index contributed by atoms with van der Waals surface area (Å²) in [5, 5.41) is 8.56. The smallest absolute Gasteiger partial charge is 0.744 e. The van der Waals surface area contributed by atoms with Crippen molar-refractivity contribution in [1.82, 2.24) is 15.0 Å². The molecule has 16 heteroatoms. The molecule has 13 nitrogen and oxygen atoms in total. The Balaban J connectivity index is 0.00000385. The summed E-state index contributed by atoms with van der Waals surface area (Å²) in [4.78, 5) is 11.8. The molecular formula is C17H18N7NaO6S2. The SMILES string of the molecule is NCCNc1nc(Nc2ccc(S(=O)(=O)[O-])cc2)nc(Nc2cccc(S(=O)(=O)O)c2)n1.[Na+]. The van der Waals surface area contributed by atoms with Gasteiger partial charge < -0.3 is 26.2 Å². The molecule has 170 valence electrons. The van der Waals surface area contributed by atoms with Crippen LogP contribution >= 0.6 is 0 Å². The van der Waals surface area contributed by atoms with Crippen molar-refractivity contribution in [1.29, 1.82) is 0 Å². The van der Waals surface area contributed by atoms with E-state index in [0.29, 0.717) is 18.8 Å². The largest absolute Gasteiger partial charge is 1.00 e. The first-order valence-corrected chi connectivity index (χ1v) is 11.8. The van der Waals surface area contributed by atoms with Gasteiger partial charge in [0.1, 0.15) is 10.1 Å². The molecule has 3 rings (SSSR count). The van der Waals surface area contributed by atoms with Crippen LogP contribution in [0.15, 0.2) is 58.3 Å². The number of rotatable bonds is 9. The van der Waals surface area contributed by atoms with Crippen molar-refractivity contribution in [2.45, 2.75) is 9.79 Å². The van der Waals surface area contributed by atoms with E-state index < -0.39 is 20.2 Å². The molecule has 0 radical (unpaired) electrons. The zero-order valence-corrected chi connectivity index (χ0v) is 20.9. The van der Waals surface area contributed by atoms with Gasteiger partial charge in [0.2, 0.25) is 17.8 Å². The second-order valence-corrected chi connectivity index (χ2v) is 9.05. The molecule has 0 aliphatic heterocycles. The summed E-state index contributed by atoms with van der Waals surface area (Å²) in [5.74, 6) is 0.249. The zero-order chi connectivity index (χ0) is 23.4. The average Bonchev–Trinajstić information content (AvgIpc) is 2.71. The van der Waals surface area contributed by atoms with Gasteiger partial charge in [-0.2, -0.15) is 23.4 Å². The Morgan fingerprint density at radius 3 is 1.97 bits per heavy atom. The van der Waals surface area contributed by atoms with Crippen molar-refractivity contribution in [3.63, 3.8) is 0 Å². The molecule has 0 bridgehead atoms. The number of benzene rings is 2. The average molecular weight is 503 g/mol. The number of hydrogen-bond donors (Lipinski definition) is 5. The van der Waals surface area contributed by atoms with Crippen LogP contribution in [0.25, 0.3) is 0 Å². The van der Waals surface area contributed by atoms with Crippen molar-refractivity contribution < 1.29 is 55.5 Å². The third-order valence-corrected chi connectivity index (χ3v) is 5.55. The summed E-state index contributed by atoms with van der Waals surface area (Å²) in [7, 11) is -8.97. The number of nitrogens with two attached hydrogens (primary N) is 1. The summed E-state index contributed by atoms with van der Waals surface area (Å²) >= 11 is 0. The first-order valence-electron chi connectivity index (χ1n) is 8.92. The Morgan fingerprint density at radius 2 is 1.42 bits per heavy atom. The fourth-order valence-corrected chi connectivity index (χ4v) is 3.44. The van der Waals surface area contributed by atoms with Gasteiger partial charge in [-0.25, -0.2) is 8.42 Å². The number of nitrogens with one attached hydrogen (secondary N) is 3. The van der Waals surface area contributed by atoms with Crippen LogP contribution in [0.5, 0.6) is 0 Å². The van der Waals surface area contributed by atoms with Gasteiger partial charge >= 0.3 is 29.6 Å². The van der Waals surface area contributed by atoms with Crippen molar-refractivity contribution in [2.24, 2.45) is 5.73 Å². The van der Waals surface area contributed by atoms with Crippen LogP contribution in [0, 0.1) is 0 Å². The molecule has 0 spiro atoms. The second kappa shape index (κ2) is 11.2. The maximum Gasteiger partial charge on any atom is 1.00 e. The maximum atomic E-state index is 11.4. The molecule has 6 N–H and O–H groups in total. The monoisotopic (exact) mass is 503 g/mol. The first-order chi connectivity index (χ1) is 15.0. The van der Waals surface area contributed by atoms with Gasteiger partial charge in [-0.3, -0.25) is 4.55 Å². The normalized spacial score (nSPS) is 11.4. The van der Waals surface area contributed by atoms with Gasteiger partial charge in [0.25, 0.3) is 10.1 Å². The Morgan fingerprint density at radius 1 is 0.848 bits per heavy atom. The Labute approximate surface area is 212 Å². The predicted octanol–water partition coefficient (Wildman–Crippen LogP) is -2.12. The van der Waals surface area contributed by atoms with Gasteiger partial charge in [-0.1, -0.05) is 6.07 Å². The number of aromatic nitrogens is 3. The van der Waals surface area contributed by atoms with Gasteiger partial charge in [0.15, 0.2) is 0 Å². The van der Waals surface area contributed by atoms with Crippen LogP contribution in [0.4, 0.5) is 29.2 Å². The molecule has 0 saturated heterocycles. The van der Waals surface area contributed by atoms with Gasteiger partial charge in [-0.15, -0.1) is 0 Å². The quantitative estimate of drug-likeness (QED) is 0.156. The van der Waals surface area contributed by atoms with E-state index in [1.54, 1.807) is 6.07 Å². The molecular weight excluding hydrogens is 485 g/mol. The molecule has 3 aromatic rings. The maximum absolute atomic E-state index is 11.4. The Bertz CT molecular complexity index is 1320. The van der Waals surface area contributed by atoms with E-state index in [4.69, 9.17) is 5.73 Å². The summed E-state index contributed by atoms with van der Waals surface area (Å²) < 4.78 is 65.1. The standard InChI is InChI=1S/C17H19N7O6S2.Na/c18-8-9-19-15-22-16(20-11-4-6-13(7-5-11)31(25,26)27)24-17(23-15)21-12-2-1-3-14(10-12)32(28,29)30;/h1-7,10H,8-9,18H2,(H,25,26,27)(H,28,29,30)(H3,19,20,21,22,23,24);/q;+1/p-1. The molecule has 0 atom stereocenters. The molecule has 0 amide bonds. The van der Waals surface area contributed by atoms with Crippen LogP contribution in [0.3, 0.4) is 0 Å². The van der Waals surface area contributed by atoms with E-state index in [2.05, 4.69) is 30.9 Å². The summed E-state index contributed by atoms with van der Waals surface area (Å²) in [6, 6.07) is 10.4. The molecule has 1 aromatic heterocycles. The van der Waals surface area contributed by atoms with Crippen molar-refractivity contribution in [3.05, 3.63) is 48.5 Å². The van der Waals surface area contributed by atoms with Crippen LogP contribution in [0.2, 0.25) is 0 Å². The van der Waals surface area contributed by atoms with Crippen LogP contribution in [-0.4, -0.2) is 54.0 Å². The van der Waals surface area contributed by atoms with Gasteiger partial charge in [-0.05, 0) is 42.5 Å². The van der Waals surface area contributed by atoms with Crippen LogP contribution in [-0.2, 0) is 20.2 Å². The van der Waals surface area contributed by atoms with Crippen molar-refractivity contribution in [3.8, 4) is 0 Å². The summed E-state index contributed by atoms with van der Waals surface area (Å²) in [6.07, 6.45) is 0. The number of hydrogen-bond acceptors (Lipinski definition) is 12. The molecule has 2 aromatic carbocycles. The third-order valence-electron chi connectivity index (χ3n) is 3.85. The molecule has 0 aliphatic carbocycles. The van der Waals surface area contributed by atoms with Crippen LogP contribution in [0.1, 0.15) is 0 Å². The fourth-order valence-electron chi connectivity index (χ4n) is 2.45. The van der Waals surface area contributed by atoms with E-state index >= 15 is 0 Å². The topological polar surface area (TPSA) is 212 Å². The minimum Gasteiger partial charge on any atom is -0.744 e. The molecule has 0 saturated carbocycles. The summed E-state index contributed by atoms with van der Waals surface area (Å²) in [6.45, 7) is 0.663. The molecule has 0 aliphatic rings. The zero-order valence-electron chi connectivity index (χ0n) is 17.3.